The molecule has 3 N–H and O–H groups in total. The van der Waals surface area contributed by atoms with Crippen molar-refractivity contribution in [1.82, 2.24) is 0 Å². The summed E-state index contributed by atoms with van der Waals surface area (Å²) in [6, 6.07) is 20.3. The summed E-state index contributed by atoms with van der Waals surface area (Å²) in [5.74, 6) is 1.52. The molecule has 0 atom stereocenters. The molecule has 0 unspecified atom stereocenters. The van der Waals surface area contributed by atoms with Crippen LogP contribution in [0.25, 0.3) is 0 Å². The maximum atomic E-state index is 10.3. The number of hydrogen-bond donors (Lipinski definition) is 3. The van der Waals surface area contributed by atoms with Crippen molar-refractivity contribution in [3.05, 3.63) is 94.5 Å². The number of anilines is 3. The van der Waals surface area contributed by atoms with Crippen molar-refractivity contribution in [2.45, 2.75) is 34.6 Å². The minimum absolute atomic E-state index is 0.0808. The number of aromatic hydroxyl groups is 3. The summed E-state index contributed by atoms with van der Waals surface area (Å²) >= 11 is 0. The van der Waals surface area contributed by atoms with Crippen molar-refractivity contribution in [2.75, 3.05) is 4.90 Å². The second kappa shape index (κ2) is 9.02. The molecule has 5 heteroatoms. The third-order valence-electron chi connectivity index (χ3n) is 5.93. The van der Waals surface area contributed by atoms with E-state index in [4.69, 9.17) is 4.74 Å². The lowest BCUT2D eigenvalue weighted by atomic mass is 10.0. The van der Waals surface area contributed by atoms with E-state index in [9.17, 15) is 15.3 Å². The van der Waals surface area contributed by atoms with Crippen LogP contribution in [0.5, 0.6) is 28.7 Å². The Kier molecular flexibility index (Phi) is 6.12. The molecule has 34 heavy (non-hydrogen) atoms. The maximum absolute atomic E-state index is 10.3. The summed E-state index contributed by atoms with van der Waals surface area (Å²) in [4.78, 5) is 2.09. The molecular weight excluding hydrogens is 426 g/mol. The molecule has 174 valence electrons. The molecule has 0 fully saturated rings. The molecule has 0 aromatic heterocycles. The van der Waals surface area contributed by atoms with Crippen LogP contribution < -0.4 is 9.64 Å². The van der Waals surface area contributed by atoms with Crippen molar-refractivity contribution >= 4 is 17.1 Å². The number of ether oxygens (including phenoxy) is 1. The van der Waals surface area contributed by atoms with Crippen LogP contribution in [-0.4, -0.2) is 15.3 Å². The molecule has 4 rings (SSSR count). The Morgan fingerprint density at radius 1 is 0.588 bits per heavy atom. The predicted molar refractivity (Wildman–Crippen MR) is 136 cm³/mol. The lowest BCUT2D eigenvalue weighted by Crippen LogP contribution is -2.13. The molecule has 0 aliphatic carbocycles. The average Bonchev–Trinajstić information content (AvgIpc) is 2.78. The standard InChI is InChI=1S/C29H29NO4/c1-17-9-10-29(28(33)11-17)34-23-8-6-7-22(16-23)30(24-12-20(4)26(31)14-18(24)2)25-13-21(5)27(32)15-19(25)3/h6-16,31-33H,1-5H3. The first-order valence-corrected chi connectivity index (χ1v) is 11.1. The smallest absolute Gasteiger partial charge is 0.169 e. The summed E-state index contributed by atoms with van der Waals surface area (Å²) in [6.07, 6.45) is 0. The van der Waals surface area contributed by atoms with Gasteiger partial charge in [-0.2, -0.15) is 0 Å². The highest BCUT2D eigenvalue weighted by molar-refractivity contribution is 5.82. The molecule has 4 aromatic carbocycles. The average molecular weight is 456 g/mol. The molecular formula is C29H29NO4. The van der Waals surface area contributed by atoms with Crippen LogP contribution >= 0.6 is 0 Å². The van der Waals surface area contributed by atoms with Crippen molar-refractivity contribution in [1.29, 1.82) is 0 Å². The molecule has 0 radical (unpaired) electrons. The highest BCUT2D eigenvalue weighted by Crippen LogP contribution is 2.43. The molecule has 4 aromatic rings. The highest BCUT2D eigenvalue weighted by atomic mass is 16.5. The molecule has 0 bridgehead atoms. The fraction of sp³-hybridized carbons (Fsp3) is 0.172. The van der Waals surface area contributed by atoms with Gasteiger partial charge in [0.1, 0.15) is 17.2 Å². The van der Waals surface area contributed by atoms with Crippen LogP contribution in [-0.2, 0) is 0 Å². The molecule has 0 saturated heterocycles. The van der Waals surface area contributed by atoms with Crippen molar-refractivity contribution < 1.29 is 20.1 Å². The van der Waals surface area contributed by atoms with Gasteiger partial charge in [-0.1, -0.05) is 12.1 Å². The van der Waals surface area contributed by atoms with Gasteiger partial charge in [-0.15, -0.1) is 0 Å². The number of phenols is 3. The number of rotatable bonds is 5. The molecule has 0 spiro atoms. The van der Waals surface area contributed by atoms with Gasteiger partial charge in [0.05, 0.1) is 0 Å². The van der Waals surface area contributed by atoms with Crippen molar-refractivity contribution in [3.63, 3.8) is 0 Å². The van der Waals surface area contributed by atoms with E-state index in [1.54, 1.807) is 24.3 Å². The largest absolute Gasteiger partial charge is 0.508 e. The molecule has 0 aliphatic heterocycles. The van der Waals surface area contributed by atoms with E-state index in [1.807, 2.05) is 77.1 Å². The van der Waals surface area contributed by atoms with Crippen LogP contribution in [0.15, 0.2) is 66.7 Å². The molecule has 5 nitrogen and oxygen atoms in total. The van der Waals surface area contributed by atoms with E-state index in [0.29, 0.717) is 11.5 Å². The van der Waals surface area contributed by atoms with Crippen LogP contribution in [0.3, 0.4) is 0 Å². The van der Waals surface area contributed by atoms with Gasteiger partial charge >= 0.3 is 0 Å². The number of nitrogens with zero attached hydrogens (tertiary/aromatic N) is 1. The van der Waals surface area contributed by atoms with E-state index >= 15 is 0 Å². The Hall–Kier alpha value is -4.12. The number of hydrogen-bond acceptors (Lipinski definition) is 5. The van der Waals surface area contributed by atoms with Gasteiger partial charge in [-0.25, -0.2) is 0 Å². The monoisotopic (exact) mass is 455 g/mol. The van der Waals surface area contributed by atoms with E-state index in [2.05, 4.69) is 4.90 Å². The second-order valence-corrected chi connectivity index (χ2v) is 8.76. The first-order chi connectivity index (χ1) is 16.1. The van der Waals surface area contributed by atoms with Gasteiger partial charge in [-0.3, -0.25) is 0 Å². The van der Waals surface area contributed by atoms with E-state index in [0.717, 1.165) is 44.9 Å². The minimum atomic E-state index is 0.0808. The van der Waals surface area contributed by atoms with Gasteiger partial charge < -0.3 is 25.0 Å². The Morgan fingerprint density at radius 2 is 1.18 bits per heavy atom. The summed E-state index contributed by atoms with van der Waals surface area (Å²) in [5, 5.41) is 30.8. The topological polar surface area (TPSA) is 73.2 Å². The summed E-state index contributed by atoms with van der Waals surface area (Å²) in [6.45, 7) is 9.55. The Labute approximate surface area is 200 Å². The lowest BCUT2D eigenvalue weighted by Gasteiger charge is -2.29. The first kappa shape index (κ1) is 23.1. The van der Waals surface area contributed by atoms with Crippen LogP contribution in [0.4, 0.5) is 17.1 Å². The zero-order chi connectivity index (χ0) is 24.6. The molecule has 0 aliphatic rings. The molecule has 0 saturated carbocycles. The van der Waals surface area contributed by atoms with Crippen LogP contribution in [0.2, 0.25) is 0 Å². The molecule has 0 heterocycles. The second-order valence-electron chi connectivity index (χ2n) is 8.76. The number of phenolic OH excluding ortho intramolecular Hbond substituents is 3. The normalized spacial score (nSPS) is 10.9. The van der Waals surface area contributed by atoms with Gasteiger partial charge in [0.15, 0.2) is 11.5 Å². The third kappa shape index (κ3) is 4.50. The van der Waals surface area contributed by atoms with Gasteiger partial charge in [-0.05, 0) is 111 Å². The first-order valence-electron chi connectivity index (χ1n) is 11.1. The van der Waals surface area contributed by atoms with Gasteiger partial charge in [0.25, 0.3) is 0 Å². The third-order valence-corrected chi connectivity index (χ3v) is 5.93. The quantitative estimate of drug-likeness (QED) is 0.289. The van der Waals surface area contributed by atoms with E-state index < -0.39 is 0 Å². The summed E-state index contributed by atoms with van der Waals surface area (Å²) in [7, 11) is 0. The zero-order valence-corrected chi connectivity index (χ0v) is 20.0. The summed E-state index contributed by atoms with van der Waals surface area (Å²) in [5.41, 5.74) is 6.90. The lowest BCUT2D eigenvalue weighted by molar-refractivity contribution is 0.411. The fourth-order valence-electron chi connectivity index (χ4n) is 3.99. The molecule has 0 amide bonds. The van der Waals surface area contributed by atoms with Gasteiger partial charge in [0.2, 0.25) is 0 Å². The minimum Gasteiger partial charge on any atom is -0.508 e. The Balaban J connectivity index is 1.87. The van der Waals surface area contributed by atoms with Crippen molar-refractivity contribution in [3.8, 4) is 28.7 Å². The van der Waals surface area contributed by atoms with Crippen LogP contribution in [0, 0.1) is 34.6 Å². The van der Waals surface area contributed by atoms with E-state index in [-0.39, 0.29) is 17.2 Å². The van der Waals surface area contributed by atoms with E-state index in [1.165, 1.54) is 0 Å². The number of aryl methyl sites for hydroxylation is 5. The predicted octanol–water partition coefficient (Wildman–Crippen LogP) is 7.61. The highest BCUT2D eigenvalue weighted by Gasteiger charge is 2.20. The Bertz CT molecular complexity index is 1320. The maximum Gasteiger partial charge on any atom is 0.169 e. The fourth-order valence-corrected chi connectivity index (χ4v) is 3.99. The Morgan fingerprint density at radius 3 is 1.74 bits per heavy atom. The zero-order valence-electron chi connectivity index (χ0n) is 20.0. The van der Waals surface area contributed by atoms with Crippen molar-refractivity contribution in [2.24, 2.45) is 0 Å². The van der Waals surface area contributed by atoms with Crippen LogP contribution in [0.1, 0.15) is 27.8 Å². The number of benzene rings is 4. The summed E-state index contributed by atoms with van der Waals surface area (Å²) < 4.78 is 6.02. The van der Waals surface area contributed by atoms with Gasteiger partial charge in [0, 0.05) is 23.1 Å². The SMILES string of the molecule is Cc1ccc(Oc2cccc(N(c3cc(C)c(O)cc3C)c3cc(C)c(O)cc3C)c2)c(O)c1.